The standard InChI is InChI=1S/C20H22F3N3O3/c1-2-29-16(28)18(11-17(12-18)8-3-9-17)15(27)24-10-13-4-6-14(7-5-13)19(25-26-19)20(21,22)23/h4-7H,2-3,8-12H2,1H3,(H,24,27). The highest BCUT2D eigenvalue weighted by atomic mass is 19.4. The van der Waals surface area contributed by atoms with Gasteiger partial charge in [0.25, 0.3) is 0 Å². The van der Waals surface area contributed by atoms with Crippen molar-refractivity contribution < 1.29 is 27.5 Å². The van der Waals surface area contributed by atoms with Crippen molar-refractivity contribution in [1.29, 1.82) is 0 Å². The quantitative estimate of drug-likeness (QED) is 0.570. The van der Waals surface area contributed by atoms with E-state index in [1.165, 1.54) is 24.3 Å². The molecule has 1 aromatic rings. The number of ether oxygens (including phenoxy) is 1. The summed E-state index contributed by atoms with van der Waals surface area (Å²) in [5, 5.41) is 9.11. The molecular weight excluding hydrogens is 387 g/mol. The Balaban J connectivity index is 1.40. The summed E-state index contributed by atoms with van der Waals surface area (Å²) in [6.07, 6.45) is -0.400. The Hall–Kier alpha value is -2.45. The van der Waals surface area contributed by atoms with Gasteiger partial charge in [0.05, 0.1) is 6.61 Å². The second-order valence-corrected chi connectivity index (χ2v) is 8.26. The van der Waals surface area contributed by atoms with Crippen molar-refractivity contribution in [3.05, 3.63) is 35.4 Å². The molecule has 1 N–H and O–H groups in total. The van der Waals surface area contributed by atoms with Gasteiger partial charge in [-0.2, -0.15) is 13.2 Å². The molecule has 1 spiro atoms. The maximum atomic E-state index is 13.1. The molecule has 2 aliphatic carbocycles. The molecule has 156 valence electrons. The highest BCUT2D eigenvalue weighted by molar-refractivity contribution is 6.04. The lowest BCUT2D eigenvalue weighted by atomic mass is 9.45. The SMILES string of the molecule is CCOC(=O)C1(C(=O)NCc2ccc(C3(C(F)(F)F)N=N3)cc2)CC2(CCC2)C1. The Kier molecular flexibility index (Phi) is 4.47. The smallest absolute Gasteiger partial charge is 0.442 e. The number of amides is 1. The van der Waals surface area contributed by atoms with Crippen LogP contribution in [-0.4, -0.2) is 24.7 Å². The largest absolute Gasteiger partial charge is 0.465 e. The highest BCUT2D eigenvalue weighted by Gasteiger charge is 2.66. The molecule has 0 bridgehead atoms. The summed E-state index contributed by atoms with van der Waals surface area (Å²) in [5.41, 5.74) is -2.95. The first-order valence-electron chi connectivity index (χ1n) is 9.72. The van der Waals surface area contributed by atoms with Crippen molar-refractivity contribution in [3.63, 3.8) is 0 Å². The molecule has 0 aromatic heterocycles. The van der Waals surface area contributed by atoms with E-state index in [2.05, 4.69) is 15.5 Å². The monoisotopic (exact) mass is 409 g/mol. The number of carbonyl (C=O) groups is 2. The van der Waals surface area contributed by atoms with Crippen LogP contribution in [0.15, 0.2) is 34.5 Å². The molecule has 0 unspecified atom stereocenters. The van der Waals surface area contributed by atoms with Crippen LogP contribution in [0.3, 0.4) is 0 Å². The maximum absolute atomic E-state index is 13.1. The Morgan fingerprint density at radius 1 is 1.14 bits per heavy atom. The maximum Gasteiger partial charge on any atom is 0.442 e. The average Bonchev–Trinajstić information content (AvgIpc) is 3.40. The normalized spacial score (nSPS) is 22.3. The zero-order valence-corrected chi connectivity index (χ0v) is 16.0. The van der Waals surface area contributed by atoms with E-state index in [1.54, 1.807) is 6.92 Å². The van der Waals surface area contributed by atoms with E-state index in [9.17, 15) is 22.8 Å². The van der Waals surface area contributed by atoms with Crippen molar-refractivity contribution in [3.8, 4) is 0 Å². The number of carbonyl (C=O) groups excluding carboxylic acids is 2. The third-order valence-corrected chi connectivity index (χ3v) is 6.37. The van der Waals surface area contributed by atoms with E-state index < -0.39 is 23.2 Å². The number of nitrogens with zero attached hydrogens (tertiary/aromatic N) is 2. The van der Waals surface area contributed by atoms with Gasteiger partial charge in [-0.1, -0.05) is 30.7 Å². The van der Waals surface area contributed by atoms with Crippen LogP contribution in [-0.2, 0) is 26.5 Å². The molecule has 0 atom stereocenters. The zero-order chi connectivity index (χ0) is 20.9. The van der Waals surface area contributed by atoms with Crippen LogP contribution in [0, 0.1) is 10.8 Å². The van der Waals surface area contributed by atoms with E-state index in [-0.39, 0.29) is 30.0 Å². The Morgan fingerprint density at radius 2 is 1.76 bits per heavy atom. The summed E-state index contributed by atoms with van der Waals surface area (Å²) in [5.74, 6) is -0.869. The molecular formula is C20H22F3N3O3. The third-order valence-electron chi connectivity index (χ3n) is 6.37. The lowest BCUT2D eigenvalue weighted by Crippen LogP contribution is -2.61. The third kappa shape index (κ3) is 3.11. The van der Waals surface area contributed by atoms with Crippen molar-refractivity contribution in [1.82, 2.24) is 5.32 Å². The van der Waals surface area contributed by atoms with E-state index in [1.807, 2.05) is 0 Å². The molecule has 3 aliphatic rings. The zero-order valence-electron chi connectivity index (χ0n) is 16.0. The molecule has 0 radical (unpaired) electrons. The van der Waals surface area contributed by atoms with Crippen LogP contribution in [0.2, 0.25) is 0 Å². The highest BCUT2D eigenvalue weighted by Crippen LogP contribution is 2.65. The molecule has 1 heterocycles. The van der Waals surface area contributed by atoms with E-state index in [4.69, 9.17) is 4.74 Å². The van der Waals surface area contributed by atoms with Gasteiger partial charge >= 0.3 is 17.8 Å². The second-order valence-electron chi connectivity index (χ2n) is 8.26. The van der Waals surface area contributed by atoms with Crippen molar-refractivity contribution in [2.45, 2.75) is 57.4 Å². The van der Waals surface area contributed by atoms with Crippen LogP contribution < -0.4 is 5.32 Å². The van der Waals surface area contributed by atoms with Crippen LogP contribution in [0.4, 0.5) is 13.2 Å². The van der Waals surface area contributed by atoms with Crippen molar-refractivity contribution in [2.24, 2.45) is 21.1 Å². The Morgan fingerprint density at radius 3 is 2.21 bits per heavy atom. The van der Waals surface area contributed by atoms with Crippen LogP contribution >= 0.6 is 0 Å². The fourth-order valence-electron chi connectivity index (χ4n) is 4.57. The minimum Gasteiger partial charge on any atom is -0.465 e. The molecule has 1 aliphatic heterocycles. The van der Waals surface area contributed by atoms with Gasteiger partial charge in [0.15, 0.2) is 0 Å². The molecule has 2 saturated carbocycles. The fourth-order valence-corrected chi connectivity index (χ4v) is 4.57. The van der Waals surface area contributed by atoms with Crippen molar-refractivity contribution in [2.75, 3.05) is 6.61 Å². The van der Waals surface area contributed by atoms with Gasteiger partial charge in [-0.15, -0.1) is 10.2 Å². The first-order chi connectivity index (χ1) is 13.7. The van der Waals surface area contributed by atoms with Crippen molar-refractivity contribution >= 4 is 11.9 Å². The number of halogens is 3. The number of nitrogens with one attached hydrogen (secondary N) is 1. The molecule has 6 nitrogen and oxygen atoms in total. The van der Waals surface area contributed by atoms with Gasteiger partial charge in [0.1, 0.15) is 5.41 Å². The van der Waals surface area contributed by atoms with Gasteiger partial charge in [0.2, 0.25) is 5.91 Å². The van der Waals surface area contributed by atoms with Gasteiger partial charge in [-0.05, 0) is 43.6 Å². The molecule has 1 amide bonds. The molecule has 0 saturated heterocycles. The predicted octanol–water partition coefficient (Wildman–Crippen LogP) is 4.00. The number of hydrogen-bond acceptors (Lipinski definition) is 5. The van der Waals surface area contributed by atoms with Crippen LogP contribution in [0.25, 0.3) is 0 Å². The second kappa shape index (κ2) is 6.53. The minimum atomic E-state index is -4.57. The lowest BCUT2D eigenvalue weighted by Gasteiger charge is -2.58. The molecule has 1 aromatic carbocycles. The molecule has 29 heavy (non-hydrogen) atoms. The number of esters is 1. The van der Waals surface area contributed by atoms with E-state index in [0.29, 0.717) is 18.4 Å². The van der Waals surface area contributed by atoms with Crippen LogP contribution in [0.1, 0.15) is 50.2 Å². The first-order valence-corrected chi connectivity index (χ1v) is 9.72. The summed E-state index contributed by atoms with van der Waals surface area (Å²) < 4.78 is 44.3. The lowest BCUT2D eigenvalue weighted by molar-refractivity contribution is -0.186. The molecule has 9 heteroatoms. The van der Waals surface area contributed by atoms with Gasteiger partial charge in [-0.25, -0.2) is 0 Å². The van der Waals surface area contributed by atoms with Gasteiger partial charge < -0.3 is 10.1 Å². The Labute approximate surface area is 165 Å². The topological polar surface area (TPSA) is 80.1 Å². The fraction of sp³-hybridized carbons (Fsp3) is 0.600. The molecule has 4 rings (SSSR count). The summed E-state index contributed by atoms with van der Waals surface area (Å²) in [6, 6.07) is 5.61. The van der Waals surface area contributed by atoms with Gasteiger partial charge in [0, 0.05) is 12.1 Å². The van der Waals surface area contributed by atoms with Crippen LogP contribution in [0.5, 0.6) is 0 Å². The summed E-state index contributed by atoms with van der Waals surface area (Å²) in [7, 11) is 0. The molecule has 2 fully saturated rings. The number of alkyl halides is 3. The van der Waals surface area contributed by atoms with E-state index in [0.717, 1.165) is 19.3 Å². The van der Waals surface area contributed by atoms with Gasteiger partial charge in [-0.3, -0.25) is 9.59 Å². The number of hydrogen-bond donors (Lipinski definition) is 1. The first kappa shape index (κ1) is 19.8. The Bertz CT molecular complexity index is 846. The predicted molar refractivity (Wildman–Crippen MR) is 95.5 cm³/mol. The summed E-state index contributed by atoms with van der Waals surface area (Å²) in [6.45, 7) is 2.02. The number of rotatable bonds is 6. The summed E-state index contributed by atoms with van der Waals surface area (Å²) in [4.78, 5) is 25.3. The minimum absolute atomic E-state index is 0.0611. The summed E-state index contributed by atoms with van der Waals surface area (Å²) >= 11 is 0. The number of benzene rings is 1. The van der Waals surface area contributed by atoms with E-state index >= 15 is 0 Å². The average molecular weight is 409 g/mol.